The Morgan fingerprint density at radius 3 is 2.62 bits per heavy atom. The molecule has 24 heavy (non-hydrogen) atoms. The Labute approximate surface area is 155 Å². The molecule has 3 rings (SSSR count). The van der Waals surface area contributed by atoms with Crippen LogP contribution in [0.25, 0.3) is 11.1 Å². The van der Waals surface area contributed by atoms with E-state index >= 15 is 0 Å². The molecule has 4 nitrogen and oxygen atoms in total. The van der Waals surface area contributed by atoms with Gasteiger partial charge in [0.1, 0.15) is 0 Å². The maximum atomic E-state index is 12.7. The molecule has 0 radical (unpaired) electrons. The van der Waals surface area contributed by atoms with Crippen LogP contribution < -0.4 is 5.32 Å². The van der Waals surface area contributed by atoms with Crippen molar-refractivity contribution in [2.45, 2.75) is 18.9 Å². The number of halogens is 2. The number of piperidine rings is 1. The number of hydrogen-bond donors (Lipinski definition) is 1. The Morgan fingerprint density at radius 2 is 1.92 bits per heavy atom. The molecule has 0 spiro atoms. The first-order valence-electron chi connectivity index (χ1n) is 7.75. The summed E-state index contributed by atoms with van der Waals surface area (Å²) < 4.78 is 0. The van der Waals surface area contributed by atoms with Crippen molar-refractivity contribution in [3.63, 3.8) is 0 Å². The molecule has 0 bridgehead atoms. The van der Waals surface area contributed by atoms with Gasteiger partial charge in [-0.2, -0.15) is 0 Å². The van der Waals surface area contributed by atoms with E-state index < -0.39 is 0 Å². The monoisotopic (exact) mass is 367 g/mol. The summed E-state index contributed by atoms with van der Waals surface area (Å²) in [7, 11) is 1.95. The standard InChI is InChI=1S/C18H21N3O.2ClH/c1-19-17-8-5-9-21(13-17)18(22)16-10-15(11-20-12-16)14-6-3-2-4-7-14;;/h2-4,6-7,10-12,17,19H,5,8-9,13H2,1H3;2*1H. The van der Waals surface area contributed by atoms with Gasteiger partial charge in [0.25, 0.3) is 5.91 Å². The summed E-state index contributed by atoms with van der Waals surface area (Å²) >= 11 is 0. The molecule has 130 valence electrons. The van der Waals surface area contributed by atoms with E-state index in [0.717, 1.165) is 37.1 Å². The van der Waals surface area contributed by atoms with Gasteiger partial charge < -0.3 is 10.2 Å². The Morgan fingerprint density at radius 1 is 1.17 bits per heavy atom. The van der Waals surface area contributed by atoms with Crippen LogP contribution in [0.5, 0.6) is 0 Å². The summed E-state index contributed by atoms with van der Waals surface area (Å²) in [4.78, 5) is 18.9. The van der Waals surface area contributed by atoms with Crippen molar-refractivity contribution >= 4 is 30.7 Å². The number of carbonyl (C=O) groups excluding carboxylic acids is 1. The van der Waals surface area contributed by atoms with Crippen molar-refractivity contribution in [2.75, 3.05) is 20.1 Å². The molecule has 0 saturated carbocycles. The molecular weight excluding hydrogens is 345 g/mol. The lowest BCUT2D eigenvalue weighted by Gasteiger charge is -2.32. The lowest BCUT2D eigenvalue weighted by Crippen LogP contribution is -2.47. The van der Waals surface area contributed by atoms with E-state index in [1.165, 1.54) is 0 Å². The average Bonchev–Trinajstić information content (AvgIpc) is 2.62. The summed E-state index contributed by atoms with van der Waals surface area (Å²) in [5.41, 5.74) is 2.73. The van der Waals surface area contributed by atoms with Crippen molar-refractivity contribution in [3.8, 4) is 11.1 Å². The molecule has 2 aromatic rings. The molecule has 6 heteroatoms. The lowest BCUT2D eigenvalue weighted by atomic mass is 10.0. The van der Waals surface area contributed by atoms with Crippen molar-refractivity contribution < 1.29 is 4.79 Å². The minimum absolute atomic E-state index is 0. The van der Waals surface area contributed by atoms with Gasteiger partial charge in [-0.15, -0.1) is 24.8 Å². The highest BCUT2D eigenvalue weighted by Crippen LogP contribution is 2.20. The number of aromatic nitrogens is 1. The Balaban J connectivity index is 0.00000144. The number of nitrogens with one attached hydrogen (secondary N) is 1. The van der Waals surface area contributed by atoms with E-state index in [1.54, 1.807) is 12.4 Å². The Kier molecular flexibility index (Phi) is 8.19. The van der Waals surface area contributed by atoms with E-state index in [2.05, 4.69) is 10.3 Å². The molecule has 2 heterocycles. The fraction of sp³-hybridized carbons (Fsp3) is 0.333. The van der Waals surface area contributed by atoms with E-state index in [4.69, 9.17) is 0 Å². The first-order chi connectivity index (χ1) is 10.8. The molecule has 1 aromatic carbocycles. The number of nitrogens with zero attached hydrogens (tertiary/aromatic N) is 2. The summed E-state index contributed by atoms with van der Waals surface area (Å²) in [6, 6.07) is 12.4. The van der Waals surface area contributed by atoms with Gasteiger partial charge in [-0.25, -0.2) is 0 Å². The highest BCUT2D eigenvalue weighted by Gasteiger charge is 2.23. The summed E-state index contributed by atoms with van der Waals surface area (Å²) in [6.45, 7) is 1.59. The third-order valence-electron chi connectivity index (χ3n) is 4.21. The van der Waals surface area contributed by atoms with Crippen LogP contribution in [-0.4, -0.2) is 42.0 Å². The molecular formula is C18H23Cl2N3O. The predicted octanol–water partition coefficient (Wildman–Crippen LogP) is 3.42. The molecule has 1 fully saturated rings. The summed E-state index contributed by atoms with van der Waals surface area (Å²) in [6.07, 6.45) is 5.64. The van der Waals surface area contributed by atoms with Crippen molar-refractivity contribution in [2.24, 2.45) is 0 Å². The number of hydrogen-bond acceptors (Lipinski definition) is 3. The maximum absolute atomic E-state index is 12.7. The second-order valence-electron chi connectivity index (χ2n) is 5.71. The zero-order valence-electron chi connectivity index (χ0n) is 13.6. The van der Waals surface area contributed by atoms with Crippen LogP contribution in [0.4, 0.5) is 0 Å². The first kappa shape index (κ1) is 20.4. The molecule has 1 unspecified atom stereocenters. The van der Waals surface area contributed by atoms with Crippen LogP contribution >= 0.6 is 24.8 Å². The molecule has 1 saturated heterocycles. The minimum Gasteiger partial charge on any atom is -0.337 e. The quantitative estimate of drug-likeness (QED) is 0.903. The third kappa shape index (κ3) is 4.69. The third-order valence-corrected chi connectivity index (χ3v) is 4.21. The first-order valence-corrected chi connectivity index (χ1v) is 7.75. The molecule has 1 aliphatic rings. The topological polar surface area (TPSA) is 45.2 Å². The molecule has 1 aliphatic heterocycles. The average molecular weight is 368 g/mol. The van der Waals surface area contributed by atoms with Crippen LogP contribution in [0.15, 0.2) is 48.8 Å². The van der Waals surface area contributed by atoms with Crippen LogP contribution in [0.2, 0.25) is 0 Å². The van der Waals surface area contributed by atoms with Crippen molar-refractivity contribution in [3.05, 3.63) is 54.4 Å². The minimum atomic E-state index is 0. The van der Waals surface area contributed by atoms with Gasteiger partial charge in [-0.1, -0.05) is 30.3 Å². The smallest absolute Gasteiger partial charge is 0.255 e. The van der Waals surface area contributed by atoms with Gasteiger partial charge >= 0.3 is 0 Å². The largest absolute Gasteiger partial charge is 0.337 e. The second-order valence-corrected chi connectivity index (χ2v) is 5.71. The summed E-state index contributed by atoms with van der Waals surface area (Å²) in [5, 5.41) is 3.27. The van der Waals surface area contributed by atoms with E-state index in [1.807, 2.05) is 48.3 Å². The normalized spacial score (nSPS) is 16.7. The molecule has 1 aromatic heterocycles. The fourth-order valence-electron chi connectivity index (χ4n) is 2.93. The number of pyridine rings is 1. The number of likely N-dealkylation sites (N-methyl/N-ethyl adjacent to an activating group) is 1. The van der Waals surface area contributed by atoms with E-state index in [0.29, 0.717) is 11.6 Å². The molecule has 1 atom stereocenters. The van der Waals surface area contributed by atoms with Gasteiger partial charge in [-0.05, 0) is 31.5 Å². The summed E-state index contributed by atoms with van der Waals surface area (Å²) in [5.74, 6) is 0.0743. The van der Waals surface area contributed by atoms with Gasteiger partial charge in [-0.3, -0.25) is 9.78 Å². The van der Waals surface area contributed by atoms with Crippen LogP contribution in [0.1, 0.15) is 23.2 Å². The SMILES string of the molecule is CNC1CCCN(C(=O)c2cncc(-c3ccccc3)c2)C1.Cl.Cl. The number of rotatable bonds is 3. The van der Waals surface area contributed by atoms with Gasteiger partial charge in [0.05, 0.1) is 5.56 Å². The number of benzene rings is 1. The van der Waals surface area contributed by atoms with E-state index in [-0.39, 0.29) is 30.7 Å². The number of likely N-dealkylation sites (tertiary alicyclic amines) is 1. The lowest BCUT2D eigenvalue weighted by molar-refractivity contribution is 0.0698. The predicted molar refractivity (Wildman–Crippen MR) is 102 cm³/mol. The Hall–Kier alpha value is -1.62. The van der Waals surface area contributed by atoms with Crippen LogP contribution in [0.3, 0.4) is 0 Å². The highest BCUT2D eigenvalue weighted by atomic mass is 35.5. The number of amides is 1. The van der Waals surface area contributed by atoms with Crippen molar-refractivity contribution in [1.29, 1.82) is 0 Å². The maximum Gasteiger partial charge on any atom is 0.255 e. The van der Waals surface area contributed by atoms with E-state index in [9.17, 15) is 4.79 Å². The second kappa shape index (κ2) is 9.62. The van der Waals surface area contributed by atoms with Gasteiger partial charge in [0.15, 0.2) is 0 Å². The zero-order chi connectivity index (χ0) is 15.4. The van der Waals surface area contributed by atoms with Crippen LogP contribution in [-0.2, 0) is 0 Å². The Bertz CT molecular complexity index is 652. The van der Waals surface area contributed by atoms with Crippen molar-refractivity contribution in [1.82, 2.24) is 15.2 Å². The molecule has 1 N–H and O–H groups in total. The highest BCUT2D eigenvalue weighted by molar-refractivity contribution is 5.95. The zero-order valence-corrected chi connectivity index (χ0v) is 15.3. The van der Waals surface area contributed by atoms with Gasteiger partial charge in [0, 0.05) is 37.1 Å². The fourth-order valence-corrected chi connectivity index (χ4v) is 2.93. The van der Waals surface area contributed by atoms with Crippen LogP contribution in [0, 0.1) is 0 Å². The molecule has 1 amide bonds. The molecule has 0 aliphatic carbocycles. The van der Waals surface area contributed by atoms with Gasteiger partial charge in [0.2, 0.25) is 0 Å². The number of carbonyl (C=O) groups is 1.